The maximum absolute atomic E-state index is 2.56. The lowest BCUT2D eigenvalue weighted by molar-refractivity contribution is 0.636. The maximum Gasteiger partial charge on any atom is 0.0366 e. The summed E-state index contributed by atoms with van der Waals surface area (Å²) in [6.45, 7) is 6.95. The molecular weight excluding hydrogens is 250 g/mol. The van der Waals surface area contributed by atoms with E-state index in [1.807, 2.05) is 11.8 Å². The molecule has 0 atom stereocenters. The summed E-state index contributed by atoms with van der Waals surface area (Å²) in [5.41, 5.74) is 1.39. The van der Waals surface area contributed by atoms with Crippen LogP contribution in [0.15, 0.2) is 29.2 Å². The Morgan fingerprint density at radius 3 is 1.79 bits per heavy atom. The molecule has 108 valence electrons. The van der Waals surface area contributed by atoms with Gasteiger partial charge in [0.15, 0.2) is 0 Å². The first-order valence-electron chi connectivity index (χ1n) is 7.70. The van der Waals surface area contributed by atoms with Crippen molar-refractivity contribution in [3.63, 3.8) is 0 Å². The molecule has 0 fully saturated rings. The zero-order valence-corrected chi connectivity index (χ0v) is 13.6. The van der Waals surface area contributed by atoms with E-state index in [-0.39, 0.29) is 0 Å². The van der Waals surface area contributed by atoms with E-state index < -0.39 is 0 Å². The van der Waals surface area contributed by atoms with E-state index in [0.717, 1.165) is 0 Å². The first-order chi connectivity index (χ1) is 9.31. The van der Waals surface area contributed by atoms with Crippen LogP contribution in [-0.4, -0.2) is 19.3 Å². The molecule has 0 saturated carbocycles. The molecule has 0 bridgehead atoms. The highest BCUT2D eigenvalue weighted by Gasteiger charge is 2.05. The minimum Gasteiger partial charge on any atom is -0.372 e. The Kier molecular flexibility index (Phi) is 8.81. The smallest absolute Gasteiger partial charge is 0.0366 e. The van der Waals surface area contributed by atoms with Crippen molar-refractivity contribution in [2.75, 3.05) is 24.2 Å². The Bertz CT molecular complexity index is 311. The predicted molar refractivity (Wildman–Crippen MR) is 89.5 cm³/mol. The molecule has 1 aromatic carbocycles. The molecule has 0 aliphatic heterocycles. The van der Waals surface area contributed by atoms with Crippen LogP contribution in [-0.2, 0) is 0 Å². The first kappa shape index (κ1) is 16.4. The molecule has 0 saturated heterocycles. The first-order valence-corrected chi connectivity index (χ1v) is 8.93. The van der Waals surface area contributed by atoms with Crippen LogP contribution >= 0.6 is 11.8 Å². The van der Waals surface area contributed by atoms with Gasteiger partial charge in [-0.25, -0.2) is 0 Å². The van der Waals surface area contributed by atoms with Gasteiger partial charge in [0, 0.05) is 23.7 Å². The van der Waals surface area contributed by atoms with Gasteiger partial charge in [-0.05, 0) is 43.4 Å². The lowest BCUT2D eigenvalue weighted by Gasteiger charge is -2.25. The fourth-order valence-corrected chi connectivity index (χ4v) is 2.68. The highest BCUT2D eigenvalue weighted by atomic mass is 32.2. The molecule has 19 heavy (non-hydrogen) atoms. The molecule has 0 radical (unpaired) electrons. The number of nitrogens with zero attached hydrogens (tertiary/aromatic N) is 1. The largest absolute Gasteiger partial charge is 0.372 e. The normalized spacial score (nSPS) is 10.7. The van der Waals surface area contributed by atoms with Gasteiger partial charge in [-0.3, -0.25) is 0 Å². The second-order valence-electron chi connectivity index (χ2n) is 5.10. The molecule has 2 heteroatoms. The molecule has 0 heterocycles. The van der Waals surface area contributed by atoms with Gasteiger partial charge in [0.05, 0.1) is 0 Å². The fraction of sp³-hybridized carbons (Fsp3) is 0.647. The van der Waals surface area contributed by atoms with E-state index >= 15 is 0 Å². The second-order valence-corrected chi connectivity index (χ2v) is 5.98. The quantitative estimate of drug-likeness (QED) is 0.405. The summed E-state index contributed by atoms with van der Waals surface area (Å²) >= 11 is 1.81. The number of anilines is 1. The zero-order chi connectivity index (χ0) is 13.9. The van der Waals surface area contributed by atoms with Crippen LogP contribution in [0.5, 0.6) is 0 Å². The molecule has 0 aromatic heterocycles. The van der Waals surface area contributed by atoms with E-state index in [0.29, 0.717) is 0 Å². The third-order valence-corrected chi connectivity index (χ3v) is 4.24. The highest BCUT2D eigenvalue weighted by Crippen LogP contribution is 2.21. The van der Waals surface area contributed by atoms with Crippen LogP contribution < -0.4 is 4.90 Å². The van der Waals surface area contributed by atoms with Gasteiger partial charge in [-0.15, -0.1) is 11.8 Å². The van der Waals surface area contributed by atoms with Gasteiger partial charge in [0.25, 0.3) is 0 Å². The van der Waals surface area contributed by atoms with E-state index in [9.17, 15) is 0 Å². The molecule has 1 aromatic rings. The van der Waals surface area contributed by atoms with E-state index in [2.05, 4.69) is 49.3 Å². The summed E-state index contributed by atoms with van der Waals surface area (Å²) in [6.07, 6.45) is 10.0. The van der Waals surface area contributed by atoms with E-state index in [1.54, 1.807) is 0 Å². The summed E-state index contributed by atoms with van der Waals surface area (Å²) in [7, 11) is 0. The lowest BCUT2D eigenvalue weighted by atomic mass is 10.2. The van der Waals surface area contributed by atoms with E-state index in [4.69, 9.17) is 0 Å². The molecule has 0 amide bonds. The summed E-state index contributed by atoms with van der Waals surface area (Å²) in [4.78, 5) is 3.92. The molecule has 0 spiro atoms. The van der Waals surface area contributed by atoms with Crippen LogP contribution in [0, 0.1) is 0 Å². The van der Waals surface area contributed by atoms with Crippen LogP contribution in [0.4, 0.5) is 5.69 Å². The van der Waals surface area contributed by atoms with E-state index in [1.165, 1.54) is 62.2 Å². The topological polar surface area (TPSA) is 3.24 Å². The van der Waals surface area contributed by atoms with Gasteiger partial charge in [0.2, 0.25) is 0 Å². The summed E-state index contributed by atoms with van der Waals surface area (Å²) in [6, 6.07) is 9.05. The van der Waals surface area contributed by atoms with Crippen molar-refractivity contribution >= 4 is 17.4 Å². The van der Waals surface area contributed by atoms with Gasteiger partial charge >= 0.3 is 0 Å². The lowest BCUT2D eigenvalue weighted by Crippen LogP contribution is -2.25. The number of hydrogen-bond donors (Lipinski definition) is 0. The fourth-order valence-electron chi connectivity index (χ4n) is 2.27. The van der Waals surface area contributed by atoms with Crippen molar-refractivity contribution in [2.45, 2.75) is 57.3 Å². The average Bonchev–Trinajstić information content (AvgIpc) is 2.46. The minimum atomic E-state index is 1.20. The van der Waals surface area contributed by atoms with Crippen LogP contribution in [0.1, 0.15) is 52.4 Å². The second kappa shape index (κ2) is 10.2. The van der Waals surface area contributed by atoms with Crippen LogP contribution in [0.2, 0.25) is 0 Å². The standard InChI is InChI=1S/C17H29NS/c1-4-6-8-14-18(15-9-7-5-2)16-10-12-17(19-3)13-11-16/h10-13H,4-9,14-15H2,1-3H3. The van der Waals surface area contributed by atoms with Crippen molar-refractivity contribution in [2.24, 2.45) is 0 Å². The summed E-state index contributed by atoms with van der Waals surface area (Å²) < 4.78 is 0. The number of hydrogen-bond acceptors (Lipinski definition) is 2. The molecule has 0 aliphatic carbocycles. The summed E-state index contributed by atoms with van der Waals surface area (Å²) in [5.74, 6) is 0. The van der Waals surface area contributed by atoms with Crippen LogP contribution in [0.25, 0.3) is 0 Å². The van der Waals surface area contributed by atoms with Gasteiger partial charge in [-0.2, -0.15) is 0 Å². The van der Waals surface area contributed by atoms with Crippen molar-refractivity contribution in [3.8, 4) is 0 Å². The molecule has 1 rings (SSSR count). The van der Waals surface area contributed by atoms with Crippen molar-refractivity contribution < 1.29 is 0 Å². The third-order valence-electron chi connectivity index (χ3n) is 3.50. The average molecular weight is 279 g/mol. The molecule has 0 N–H and O–H groups in total. The third kappa shape index (κ3) is 6.38. The zero-order valence-electron chi connectivity index (χ0n) is 12.8. The Labute approximate surface area is 123 Å². The Hall–Kier alpha value is -0.630. The molecular formula is C17H29NS. The SMILES string of the molecule is CCCCCN(CCCCC)c1ccc(SC)cc1. The van der Waals surface area contributed by atoms with Crippen LogP contribution in [0.3, 0.4) is 0 Å². The van der Waals surface area contributed by atoms with Crippen molar-refractivity contribution in [3.05, 3.63) is 24.3 Å². The minimum absolute atomic E-state index is 1.20. The Morgan fingerprint density at radius 2 is 1.37 bits per heavy atom. The van der Waals surface area contributed by atoms with Crippen molar-refractivity contribution in [1.29, 1.82) is 0 Å². The Balaban J connectivity index is 2.58. The Morgan fingerprint density at radius 1 is 0.842 bits per heavy atom. The number of rotatable bonds is 10. The highest BCUT2D eigenvalue weighted by molar-refractivity contribution is 7.98. The molecule has 1 nitrogen and oxygen atoms in total. The molecule has 0 unspecified atom stereocenters. The summed E-state index contributed by atoms with van der Waals surface area (Å²) in [5, 5.41) is 0. The number of unbranched alkanes of at least 4 members (excludes halogenated alkanes) is 4. The monoisotopic (exact) mass is 279 g/mol. The van der Waals surface area contributed by atoms with Gasteiger partial charge < -0.3 is 4.90 Å². The van der Waals surface area contributed by atoms with Gasteiger partial charge in [0.1, 0.15) is 0 Å². The molecule has 0 aliphatic rings. The number of thioether (sulfide) groups is 1. The van der Waals surface area contributed by atoms with Gasteiger partial charge in [-0.1, -0.05) is 39.5 Å². The maximum atomic E-state index is 2.56. The van der Waals surface area contributed by atoms with Crippen molar-refractivity contribution in [1.82, 2.24) is 0 Å². The predicted octanol–water partition coefficient (Wildman–Crippen LogP) is 5.60. The number of benzene rings is 1.